The Morgan fingerprint density at radius 1 is 1.25 bits per heavy atom. The molecule has 1 fully saturated rings. The zero-order chi connectivity index (χ0) is 14.5. The van der Waals surface area contributed by atoms with Gasteiger partial charge >= 0.3 is 0 Å². The Bertz CT molecular complexity index is 481. The minimum atomic E-state index is 0.0189. The van der Waals surface area contributed by atoms with Gasteiger partial charge in [0.05, 0.1) is 4.88 Å². The van der Waals surface area contributed by atoms with Crippen LogP contribution in [0.1, 0.15) is 60.0 Å². The van der Waals surface area contributed by atoms with Crippen LogP contribution < -0.4 is 5.32 Å². The van der Waals surface area contributed by atoms with Crippen molar-refractivity contribution < 1.29 is 9.59 Å². The van der Waals surface area contributed by atoms with Crippen molar-refractivity contribution in [3.05, 3.63) is 21.9 Å². The molecule has 110 valence electrons. The Labute approximate surface area is 124 Å². The first-order chi connectivity index (χ1) is 9.56. The Morgan fingerprint density at radius 2 is 2.00 bits per heavy atom. The van der Waals surface area contributed by atoms with Gasteiger partial charge in [0.15, 0.2) is 5.78 Å². The molecule has 2 atom stereocenters. The number of rotatable bonds is 5. The molecule has 3 nitrogen and oxygen atoms in total. The van der Waals surface area contributed by atoms with Crippen molar-refractivity contribution in [2.24, 2.45) is 5.92 Å². The van der Waals surface area contributed by atoms with E-state index in [-0.39, 0.29) is 11.7 Å². The molecule has 1 aliphatic carbocycles. The maximum absolute atomic E-state index is 11.9. The van der Waals surface area contributed by atoms with Gasteiger partial charge in [0, 0.05) is 23.8 Å². The molecule has 1 saturated carbocycles. The fourth-order valence-electron chi connectivity index (χ4n) is 2.74. The average Bonchev–Trinajstić information content (AvgIpc) is 2.85. The van der Waals surface area contributed by atoms with E-state index in [0.29, 0.717) is 24.8 Å². The number of nitrogens with one attached hydrogen (secondary N) is 1. The SMILES string of the molecule is Cc1ccc(C(=O)CCC(=O)N[C@H]2CCCC[C@@H]2C)s1. The summed E-state index contributed by atoms with van der Waals surface area (Å²) in [7, 11) is 0. The Morgan fingerprint density at radius 3 is 2.65 bits per heavy atom. The van der Waals surface area contributed by atoms with Crippen LogP contribution in [-0.4, -0.2) is 17.7 Å². The van der Waals surface area contributed by atoms with Crippen LogP contribution in [0.15, 0.2) is 12.1 Å². The van der Waals surface area contributed by atoms with Crippen molar-refractivity contribution in [3.63, 3.8) is 0 Å². The summed E-state index contributed by atoms with van der Waals surface area (Å²) in [6.07, 6.45) is 5.35. The first-order valence-electron chi connectivity index (χ1n) is 7.45. The number of Topliss-reactive ketones (excluding diaryl/α,β-unsaturated/α-hetero) is 1. The molecule has 20 heavy (non-hydrogen) atoms. The van der Waals surface area contributed by atoms with Crippen LogP contribution in [0.5, 0.6) is 0 Å². The summed E-state index contributed by atoms with van der Waals surface area (Å²) in [6.45, 7) is 4.18. The highest BCUT2D eigenvalue weighted by molar-refractivity contribution is 7.14. The summed E-state index contributed by atoms with van der Waals surface area (Å²) in [5, 5.41) is 3.09. The van der Waals surface area contributed by atoms with Crippen LogP contribution in [-0.2, 0) is 4.79 Å². The zero-order valence-electron chi connectivity index (χ0n) is 12.3. The molecule has 1 heterocycles. The second-order valence-electron chi connectivity index (χ2n) is 5.77. The zero-order valence-corrected chi connectivity index (χ0v) is 13.1. The molecule has 4 heteroatoms. The number of hydrogen-bond donors (Lipinski definition) is 1. The molecule has 1 N–H and O–H groups in total. The number of carbonyl (C=O) groups excluding carboxylic acids is 2. The van der Waals surface area contributed by atoms with Crippen LogP contribution in [0.2, 0.25) is 0 Å². The summed E-state index contributed by atoms with van der Waals surface area (Å²) in [4.78, 5) is 25.8. The number of carbonyl (C=O) groups is 2. The second-order valence-corrected chi connectivity index (χ2v) is 7.06. The number of aryl methyl sites for hydroxylation is 1. The predicted molar refractivity (Wildman–Crippen MR) is 82.2 cm³/mol. The van der Waals surface area contributed by atoms with Crippen molar-refractivity contribution in [1.82, 2.24) is 5.32 Å². The second kappa shape index (κ2) is 7.02. The number of hydrogen-bond acceptors (Lipinski definition) is 3. The van der Waals surface area contributed by atoms with E-state index in [0.717, 1.165) is 16.2 Å². The maximum atomic E-state index is 11.9. The molecule has 1 amide bonds. The largest absolute Gasteiger partial charge is 0.353 e. The lowest BCUT2D eigenvalue weighted by atomic mass is 9.86. The molecule has 0 radical (unpaired) electrons. The van der Waals surface area contributed by atoms with Gasteiger partial charge in [0.2, 0.25) is 5.91 Å². The molecular weight excluding hydrogens is 270 g/mol. The van der Waals surface area contributed by atoms with Crippen LogP contribution in [0.3, 0.4) is 0 Å². The van der Waals surface area contributed by atoms with E-state index in [2.05, 4.69) is 12.2 Å². The normalized spacial score (nSPS) is 22.5. The van der Waals surface area contributed by atoms with Crippen LogP contribution in [0.25, 0.3) is 0 Å². The predicted octanol–water partition coefficient (Wildman–Crippen LogP) is 3.71. The summed E-state index contributed by atoms with van der Waals surface area (Å²) in [5.41, 5.74) is 0. The van der Waals surface area contributed by atoms with Gasteiger partial charge in [0.1, 0.15) is 0 Å². The third kappa shape index (κ3) is 4.17. The van der Waals surface area contributed by atoms with Crippen molar-refractivity contribution in [2.75, 3.05) is 0 Å². The standard InChI is InChI=1S/C16H23NO2S/c1-11-5-3-4-6-13(11)17-16(19)10-8-14(18)15-9-7-12(2)20-15/h7,9,11,13H,3-6,8,10H2,1-2H3,(H,17,19)/t11-,13-/m0/s1. The van der Waals surface area contributed by atoms with Crippen molar-refractivity contribution in [1.29, 1.82) is 0 Å². The summed E-state index contributed by atoms with van der Waals surface area (Å²) >= 11 is 1.50. The highest BCUT2D eigenvalue weighted by Crippen LogP contribution is 2.24. The minimum Gasteiger partial charge on any atom is -0.353 e. The third-order valence-electron chi connectivity index (χ3n) is 4.05. The molecule has 1 aromatic heterocycles. The number of thiophene rings is 1. The topological polar surface area (TPSA) is 46.2 Å². The van der Waals surface area contributed by atoms with E-state index in [1.54, 1.807) is 0 Å². The maximum Gasteiger partial charge on any atom is 0.220 e. The highest BCUT2D eigenvalue weighted by atomic mass is 32.1. The molecule has 0 spiro atoms. The molecule has 0 saturated heterocycles. The van der Waals surface area contributed by atoms with Gasteiger partial charge in [-0.1, -0.05) is 19.8 Å². The van der Waals surface area contributed by atoms with Gasteiger partial charge in [-0.3, -0.25) is 9.59 Å². The lowest BCUT2D eigenvalue weighted by molar-refractivity contribution is -0.122. The quantitative estimate of drug-likeness (QED) is 0.841. The molecule has 0 bridgehead atoms. The monoisotopic (exact) mass is 293 g/mol. The molecule has 1 aromatic rings. The van der Waals surface area contributed by atoms with E-state index in [4.69, 9.17) is 0 Å². The number of amides is 1. The van der Waals surface area contributed by atoms with Gasteiger partial charge in [0.25, 0.3) is 0 Å². The van der Waals surface area contributed by atoms with E-state index >= 15 is 0 Å². The smallest absolute Gasteiger partial charge is 0.220 e. The first kappa shape index (κ1) is 15.2. The summed E-state index contributed by atoms with van der Waals surface area (Å²) in [6, 6.07) is 4.10. The molecule has 0 unspecified atom stereocenters. The number of ketones is 1. The summed E-state index contributed by atoms with van der Waals surface area (Å²) in [5.74, 6) is 0.656. The lowest BCUT2D eigenvalue weighted by Gasteiger charge is -2.29. The molecule has 2 rings (SSSR count). The fraction of sp³-hybridized carbons (Fsp3) is 0.625. The average molecular weight is 293 g/mol. The van der Waals surface area contributed by atoms with Gasteiger partial charge < -0.3 is 5.32 Å². The molecule has 0 aromatic carbocycles. The van der Waals surface area contributed by atoms with Gasteiger partial charge in [-0.05, 0) is 37.8 Å². The van der Waals surface area contributed by atoms with Crippen molar-refractivity contribution in [3.8, 4) is 0 Å². The van der Waals surface area contributed by atoms with Crippen LogP contribution in [0.4, 0.5) is 0 Å². The van der Waals surface area contributed by atoms with Crippen molar-refractivity contribution in [2.45, 2.75) is 58.4 Å². The Balaban J connectivity index is 1.76. The van der Waals surface area contributed by atoms with Crippen molar-refractivity contribution >= 4 is 23.0 Å². The summed E-state index contributed by atoms with van der Waals surface area (Å²) < 4.78 is 0. The Hall–Kier alpha value is -1.16. The molecule has 1 aliphatic rings. The van der Waals surface area contributed by atoms with Crippen LogP contribution in [0, 0.1) is 12.8 Å². The lowest BCUT2D eigenvalue weighted by Crippen LogP contribution is -2.41. The van der Waals surface area contributed by atoms with Gasteiger partial charge in [-0.25, -0.2) is 0 Å². The van der Waals surface area contributed by atoms with E-state index in [9.17, 15) is 9.59 Å². The molecule has 0 aliphatic heterocycles. The minimum absolute atomic E-state index is 0.0189. The van der Waals surface area contributed by atoms with Gasteiger partial charge in [-0.15, -0.1) is 11.3 Å². The van der Waals surface area contributed by atoms with E-state index in [1.807, 2.05) is 19.1 Å². The fourth-order valence-corrected chi connectivity index (χ4v) is 3.58. The van der Waals surface area contributed by atoms with Crippen LogP contribution >= 0.6 is 11.3 Å². The third-order valence-corrected chi connectivity index (χ3v) is 5.09. The van der Waals surface area contributed by atoms with Gasteiger partial charge in [-0.2, -0.15) is 0 Å². The van der Waals surface area contributed by atoms with E-state index in [1.165, 1.54) is 30.6 Å². The first-order valence-corrected chi connectivity index (χ1v) is 8.27. The highest BCUT2D eigenvalue weighted by Gasteiger charge is 2.22. The molecular formula is C16H23NO2S. The Kier molecular flexibility index (Phi) is 5.35. The van der Waals surface area contributed by atoms with E-state index < -0.39 is 0 Å².